The molecule has 0 spiro atoms. The third kappa shape index (κ3) is 5.81. The van der Waals surface area contributed by atoms with Crippen molar-refractivity contribution < 1.29 is 9.18 Å². The third-order valence-corrected chi connectivity index (χ3v) is 6.63. The van der Waals surface area contributed by atoms with Gasteiger partial charge in [0.15, 0.2) is 5.16 Å². The van der Waals surface area contributed by atoms with Crippen molar-refractivity contribution in [2.75, 3.05) is 17.2 Å². The SMILES string of the molecule is Cc1cc(C)cc(N(CCC#N)C(=O)CSc2nc3ccccc3c(=O)n2Cc2ccc(F)cc2)c1. The van der Waals surface area contributed by atoms with Gasteiger partial charge in [0.05, 0.1) is 35.7 Å². The van der Waals surface area contributed by atoms with E-state index in [4.69, 9.17) is 5.26 Å². The van der Waals surface area contributed by atoms with E-state index in [1.165, 1.54) is 28.5 Å². The summed E-state index contributed by atoms with van der Waals surface area (Å²) in [4.78, 5) is 33.0. The summed E-state index contributed by atoms with van der Waals surface area (Å²) in [6, 6.07) is 21.0. The van der Waals surface area contributed by atoms with E-state index in [1.807, 2.05) is 38.1 Å². The van der Waals surface area contributed by atoms with Crippen LogP contribution in [0, 0.1) is 31.0 Å². The second kappa shape index (κ2) is 11.2. The monoisotopic (exact) mass is 500 g/mol. The molecule has 0 N–H and O–H groups in total. The number of para-hydroxylation sites is 1. The van der Waals surface area contributed by atoms with Gasteiger partial charge in [0, 0.05) is 12.2 Å². The highest BCUT2D eigenvalue weighted by atomic mass is 32.2. The van der Waals surface area contributed by atoms with Gasteiger partial charge in [0.2, 0.25) is 5.91 Å². The molecule has 0 aliphatic heterocycles. The molecule has 0 fully saturated rings. The summed E-state index contributed by atoms with van der Waals surface area (Å²) < 4.78 is 14.9. The van der Waals surface area contributed by atoms with E-state index in [-0.39, 0.29) is 42.5 Å². The zero-order chi connectivity index (χ0) is 25.7. The Morgan fingerprint density at radius 3 is 2.47 bits per heavy atom. The molecule has 0 atom stereocenters. The van der Waals surface area contributed by atoms with Crippen molar-refractivity contribution in [1.82, 2.24) is 9.55 Å². The minimum absolute atomic E-state index is 0.0343. The van der Waals surface area contributed by atoms with Gasteiger partial charge in [0.25, 0.3) is 5.56 Å². The van der Waals surface area contributed by atoms with E-state index in [0.29, 0.717) is 16.1 Å². The number of thioether (sulfide) groups is 1. The molecule has 36 heavy (non-hydrogen) atoms. The topological polar surface area (TPSA) is 79.0 Å². The van der Waals surface area contributed by atoms with Gasteiger partial charge in [-0.3, -0.25) is 14.2 Å². The van der Waals surface area contributed by atoms with Gasteiger partial charge in [-0.25, -0.2) is 9.37 Å². The van der Waals surface area contributed by atoms with Gasteiger partial charge in [-0.2, -0.15) is 5.26 Å². The van der Waals surface area contributed by atoms with Crippen molar-refractivity contribution >= 4 is 34.3 Å². The Kier molecular flexibility index (Phi) is 7.81. The van der Waals surface area contributed by atoms with Gasteiger partial charge >= 0.3 is 0 Å². The van der Waals surface area contributed by atoms with E-state index in [0.717, 1.165) is 22.4 Å². The number of nitriles is 1. The van der Waals surface area contributed by atoms with Crippen LogP contribution in [0.15, 0.2) is 76.7 Å². The Labute approximate surface area is 213 Å². The van der Waals surface area contributed by atoms with E-state index in [1.54, 1.807) is 35.2 Å². The molecule has 1 aromatic heterocycles. The molecule has 4 rings (SSSR count). The van der Waals surface area contributed by atoms with Crippen molar-refractivity contribution in [1.29, 1.82) is 5.26 Å². The summed E-state index contributed by atoms with van der Waals surface area (Å²) in [5.41, 5.74) is 3.85. The zero-order valence-corrected chi connectivity index (χ0v) is 20.9. The molecule has 0 radical (unpaired) electrons. The first-order valence-corrected chi connectivity index (χ1v) is 12.5. The van der Waals surface area contributed by atoms with Crippen molar-refractivity contribution in [2.45, 2.75) is 32.0 Å². The maximum absolute atomic E-state index is 13.4. The fraction of sp³-hybridized carbons (Fsp3) is 0.214. The predicted molar refractivity (Wildman–Crippen MR) is 141 cm³/mol. The Morgan fingerprint density at radius 2 is 1.78 bits per heavy atom. The van der Waals surface area contributed by atoms with E-state index < -0.39 is 0 Å². The molecule has 0 bridgehead atoms. The normalized spacial score (nSPS) is 10.8. The molecule has 0 saturated carbocycles. The second-order valence-electron chi connectivity index (χ2n) is 8.52. The maximum atomic E-state index is 13.4. The first kappa shape index (κ1) is 25.1. The Morgan fingerprint density at radius 1 is 1.08 bits per heavy atom. The number of benzene rings is 3. The van der Waals surface area contributed by atoms with Crippen LogP contribution in [0.4, 0.5) is 10.1 Å². The van der Waals surface area contributed by atoms with Crippen LogP contribution in [-0.2, 0) is 11.3 Å². The lowest BCUT2D eigenvalue weighted by Gasteiger charge is -2.23. The van der Waals surface area contributed by atoms with Gasteiger partial charge < -0.3 is 4.90 Å². The lowest BCUT2D eigenvalue weighted by atomic mass is 10.1. The first-order valence-electron chi connectivity index (χ1n) is 11.5. The van der Waals surface area contributed by atoms with Gasteiger partial charge in [-0.15, -0.1) is 0 Å². The quantitative estimate of drug-likeness (QED) is 0.244. The molecule has 0 aliphatic rings. The fourth-order valence-electron chi connectivity index (χ4n) is 4.04. The molecule has 1 amide bonds. The average molecular weight is 501 g/mol. The highest BCUT2D eigenvalue weighted by Gasteiger charge is 2.19. The summed E-state index contributed by atoms with van der Waals surface area (Å²) in [7, 11) is 0. The number of aromatic nitrogens is 2. The van der Waals surface area contributed by atoms with E-state index in [2.05, 4.69) is 11.1 Å². The summed E-state index contributed by atoms with van der Waals surface area (Å²) in [6.07, 6.45) is 0.201. The summed E-state index contributed by atoms with van der Waals surface area (Å²) in [5, 5.41) is 9.99. The minimum atomic E-state index is -0.355. The molecule has 8 heteroatoms. The van der Waals surface area contributed by atoms with Crippen LogP contribution < -0.4 is 10.5 Å². The van der Waals surface area contributed by atoms with Crippen LogP contribution in [-0.4, -0.2) is 27.8 Å². The van der Waals surface area contributed by atoms with E-state index >= 15 is 0 Å². The van der Waals surface area contributed by atoms with Crippen LogP contribution in [0.5, 0.6) is 0 Å². The van der Waals surface area contributed by atoms with Crippen molar-refractivity contribution in [3.8, 4) is 6.07 Å². The molecule has 0 saturated heterocycles. The molecule has 0 aliphatic carbocycles. The molecule has 4 aromatic rings. The smallest absolute Gasteiger partial charge is 0.262 e. The molecule has 1 heterocycles. The van der Waals surface area contributed by atoms with Crippen molar-refractivity contribution in [3.05, 3.63) is 99.6 Å². The Balaban J connectivity index is 1.66. The minimum Gasteiger partial charge on any atom is -0.311 e. The lowest BCUT2D eigenvalue weighted by Crippen LogP contribution is -2.34. The first-order chi connectivity index (χ1) is 17.4. The third-order valence-electron chi connectivity index (χ3n) is 5.67. The molecule has 6 nitrogen and oxygen atoms in total. The summed E-state index contributed by atoms with van der Waals surface area (Å²) in [6.45, 7) is 4.39. The van der Waals surface area contributed by atoms with Gasteiger partial charge in [-0.1, -0.05) is 42.1 Å². The van der Waals surface area contributed by atoms with Crippen LogP contribution in [0.1, 0.15) is 23.1 Å². The van der Waals surface area contributed by atoms with Gasteiger partial charge in [-0.05, 0) is 66.9 Å². The van der Waals surface area contributed by atoms with Crippen LogP contribution in [0.3, 0.4) is 0 Å². The number of carbonyl (C=O) groups excluding carboxylic acids is 1. The highest BCUT2D eigenvalue weighted by Crippen LogP contribution is 2.23. The summed E-state index contributed by atoms with van der Waals surface area (Å²) >= 11 is 1.18. The number of nitrogens with zero attached hydrogens (tertiary/aromatic N) is 4. The van der Waals surface area contributed by atoms with Crippen molar-refractivity contribution in [2.24, 2.45) is 0 Å². The van der Waals surface area contributed by atoms with Gasteiger partial charge in [0.1, 0.15) is 5.82 Å². The zero-order valence-electron chi connectivity index (χ0n) is 20.1. The molecule has 182 valence electrons. The number of aryl methyl sites for hydroxylation is 2. The Bertz CT molecular complexity index is 1490. The number of fused-ring (bicyclic) bond motifs is 1. The Hall–Kier alpha value is -3.96. The van der Waals surface area contributed by atoms with Crippen molar-refractivity contribution in [3.63, 3.8) is 0 Å². The number of halogens is 1. The molecule has 0 unspecified atom stereocenters. The largest absolute Gasteiger partial charge is 0.311 e. The number of hydrogen-bond acceptors (Lipinski definition) is 5. The average Bonchev–Trinajstić information content (AvgIpc) is 2.85. The second-order valence-corrected chi connectivity index (χ2v) is 9.46. The highest BCUT2D eigenvalue weighted by molar-refractivity contribution is 7.99. The molecular formula is C28H25FN4O2S. The molecular weight excluding hydrogens is 475 g/mol. The fourth-order valence-corrected chi connectivity index (χ4v) is 4.91. The maximum Gasteiger partial charge on any atom is 0.262 e. The van der Waals surface area contributed by atoms with Crippen LogP contribution in [0.2, 0.25) is 0 Å². The number of hydrogen-bond donors (Lipinski definition) is 0. The van der Waals surface area contributed by atoms with Crippen LogP contribution in [0.25, 0.3) is 10.9 Å². The standard InChI is InChI=1S/C28H25FN4O2S/c1-19-14-20(2)16-23(15-19)32(13-5-12-30)26(34)18-36-28-31-25-7-4-3-6-24(25)27(35)33(28)17-21-8-10-22(29)11-9-21/h3-4,6-11,14-16H,5,13,17-18H2,1-2H3. The predicted octanol–water partition coefficient (Wildman–Crippen LogP) is 5.24. The number of anilines is 1. The number of carbonyl (C=O) groups is 1. The number of rotatable bonds is 8. The van der Waals surface area contributed by atoms with Crippen LogP contribution >= 0.6 is 11.8 Å². The summed E-state index contributed by atoms with van der Waals surface area (Å²) in [5.74, 6) is -0.505. The van der Waals surface area contributed by atoms with E-state index in [9.17, 15) is 14.0 Å². The molecule has 3 aromatic carbocycles. The number of amides is 1. The lowest BCUT2D eigenvalue weighted by molar-refractivity contribution is -0.116.